The van der Waals surface area contributed by atoms with E-state index in [1.807, 2.05) is 25.6 Å². The number of benzene rings is 2. The van der Waals surface area contributed by atoms with E-state index >= 15 is 0 Å². The van der Waals surface area contributed by atoms with Crippen molar-refractivity contribution < 1.29 is 13.2 Å². The van der Waals surface area contributed by atoms with E-state index in [4.69, 9.17) is 28.8 Å². The van der Waals surface area contributed by atoms with E-state index in [0.29, 0.717) is 27.2 Å². The molecule has 0 saturated carbocycles. The maximum Gasteiger partial charge on any atom is 0.416 e. The first-order chi connectivity index (χ1) is 15.1. The Labute approximate surface area is 200 Å². The van der Waals surface area contributed by atoms with Gasteiger partial charge in [0, 0.05) is 40.7 Å². The summed E-state index contributed by atoms with van der Waals surface area (Å²) in [6.07, 6.45) is -4.44. The molecule has 0 bridgehead atoms. The molecule has 0 aliphatic carbocycles. The number of halogens is 4. The average Bonchev–Trinajstić information content (AvgIpc) is 2.95. The summed E-state index contributed by atoms with van der Waals surface area (Å²) >= 11 is 13.8. The number of thiocarbonyl (C=S) groups is 1. The molecule has 2 aliphatic heterocycles. The molecule has 2 aromatic rings. The molecule has 0 amide bonds. The molecule has 1 atom stereocenters. The summed E-state index contributed by atoms with van der Waals surface area (Å²) in [4.78, 5) is 9.56. The number of thioether (sulfide) groups is 1. The Hall–Kier alpha value is -1.61. The number of alkyl halides is 3. The molecule has 9 heteroatoms. The molecule has 2 saturated heterocycles. The van der Waals surface area contributed by atoms with Gasteiger partial charge in [0.2, 0.25) is 0 Å². The fourth-order valence-corrected chi connectivity index (χ4v) is 5.61. The van der Waals surface area contributed by atoms with Crippen LogP contribution in [-0.4, -0.2) is 46.4 Å². The van der Waals surface area contributed by atoms with Crippen LogP contribution in [-0.2, 0) is 6.18 Å². The predicted octanol–water partition coefficient (Wildman–Crippen LogP) is 6.68. The van der Waals surface area contributed by atoms with Crippen LogP contribution in [0.5, 0.6) is 0 Å². The first-order valence-corrected chi connectivity index (χ1v) is 12.2. The van der Waals surface area contributed by atoms with E-state index < -0.39 is 17.2 Å². The second-order valence-electron chi connectivity index (χ2n) is 8.41. The second kappa shape index (κ2) is 8.97. The summed E-state index contributed by atoms with van der Waals surface area (Å²) in [5.74, 6) is 2.64. The van der Waals surface area contributed by atoms with Crippen LogP contribution in [0.15, 0.2) is 53.5 Å². The first-order valence-electron chi connectivity index (χ1n) is 10.3. The molecular weight excluding hydrogens is 475 g/mol. The van der Waals surface area contributed by atoms with Crippen molar-refractivity contribution >= 4 is 57.8 Å². The van der Waals surface area contributed by atoms with Crippen LogP contribution in [0.4, 0.5) is 24.5 Å². The van der Waals surface area contributed by atoms with E-state index in [-0.39, 0.29) is 6.04 Å². The van der Waals surface area contributed by atoms with Crippen molar-refractivity contribution in [2.75, 3.05) is 29.5 Å². The van der Waals surface area contributed by atoms with Gasteiger partial charge in [-0.05, 0) is 42.5 Å². The highest BCUT2D eigenvalue weighted by Crippen LogP contribution is 2.43. The molecule has 0 unspecified atom stereocenters. The van der Waals surface area contributed by atoms with Crippen LogP contribution >= 0.6 is 35.6 Å². The maximum atomic E-state index is 13.4. The predicted molar refractivity (Wildman–Crippen MR) is 132 cm³/mol. The highest BCUT2D eigenvalue weighted by atomic mass is 35.5. The van der Waals surface area contributed by atoms with Gasteiger partial charge in [0.05, 0.1) is 22.3 Å². The van der Waals surface area contributed by atoms with Gasteiger partial charge < -0.3 is 0 Å². The van der Waals surface area contributed by atoms with Crippen molar-refractivity contribution in [2.45, 2.75) is 26.1 Å². The SMILES string of the molecule is CC1(C)C(=S)N(c2cccc(C(F)(F)F)c2)C(=Nc2ccc(Cl)cc2)[C@@H]1N1CCSCC1. The Kier molecular flexibility index (Phi) is 6.60. The van der Waals surface area contributed by atoms with Crippen molar-refractivity contribution in [3.8, 4) is 0 Å². The number of amidine groups is 1. The molecule has 2 aliphatic rings. The third-order valence-corrected chi connectivity index (χ3v) is 7.73. The highest BCUT2D eigenvalue weighted by Gasteiger charge is 2.52. The van der Waals surface area contributed by atoms with Crippen molar-refractivity contribution in [3.05, 3.63) is 59.1 Å². The fourth-order valence-electron chi connectivity index (χ4n) is 4.24. The molecule has 0 aromatic heterocycles. The van der Waals surface area contributed by atoms with E-state index in [1.165, 1.54) is 6.07 Å². The summed E-state index contributed by atoms with van der Waals surface area (Å²) in [7, 11) is 0. The van der Waals surface area contributed by atoms with Gasteiger partial charge in [-0.25, -0.2) is 4.99 Å². The van der Waals surface area contributed by atoms with E-state index in [9.17, 15) is 13.2 Å². The first kappa shape index (κ1) is 23.5. The summed E-state index contributed by atoms with van der Waals surface area (Å²) in [5, 5.41) is 0.593. The zero-order valence-corrected chi connectivity index (χ0v) is 20.1. The number of anilines is 1. The van der Waals surface area contributed by atoms with E-state index in [2.05, 4.69) is 4.90 Å². The summed E-state index contributed by atoms with van der Waals surface area (Å²) < 4.78 is 40.3. The topological polar surface area (TPSA) is 18.8 Å². The molecule has 0 spiro atoms. The Morgan fingerprint density at radius 2 is 1.75 bits per heavy atom. The number of aliphatic imine (C=N–C) groups is 1. The smallest absolute Gasteiger partial charge is 0.291 e. The number of nitrogens with zero attached hydrogens (tertiary/aromatic N) is 3. The average molecular weight is 498 g/mol. The molecule has 2 fully saturated rings. The van der Waals surface area contributed by atoms with Crippen LogP contribution in [0.1, 0.15) is 19.4 Å². The lowest BCUT2D eigenvalue weighted by Gasteiger charge is -2.37. The van der Waals surface area contributed by atoms with Gasteiger partial charge in [-0.15, -0.1) is 0 Å². The van der Waals surface area contributed by atoms with Crippen LogP contribution in [0.2, 0.25) is 5.02 Å². The highest BCUT2D eigenvalue weighted by molar-refractivity contribution is 7.99. The van der Waals surface area contributed by atoms with Gasteiger partial charge in [-0.2, -0.15) is 24.9 Å². The molecule has 32 heavy (non-hydrogen) atoms. The quantitative estimate of drug-likeness (QED) is 0.440. The lowest BCUT2D eigenvalue weighted by atomic mass is 9.86. The normalized spacial score (nSPS) is 23.2. The van der Waals surface area contributed by atoms with Crippen molar-refractivity contribution in [2.24, 2.45) is 10.4 Å². The van der Waals surface area contributed by atoms with Crippen molar-refractivity contribution in [1.82, 2.24) is 4.90 Å². The summed E-state index contributed by atoms with van der Waals surface area (Å²) in [6.45, 7) is 5.84. The Morgan fingerprint density at radius 3 is 2.38 bits per heavy atom. The fraction of sp³-hybridized carbons (Fsp3) is 0.391. The molecule has 2 heterocycles. The Bertz CT molecular complexity index is 1030. The minimum Gasteiger partial charge on any atom is -0.291 e. The lowest BCUT2D eigenvalue weighted by molar-refractivity contribution is -0.137. The van der Waals surface area contributed by atoms with Gasteiger partial charge in [-0.1, -0.05) is 43.7 Å². The van der Waals surface area contributed by atoms with Gasteiger partial charge >= 0.3 is 6.18 Å². The minimum absolute atomic E-state index is 0.152. The van der Waals surface area contributed by atoms with E-state index in [0.717, 1.165) is 36.7 Å². The maximum absolute atomic E-state index is 13.4. The molecule has 2 aromatic carbocycles. The van der Waals surface area contributed by atoms with Gasteiger partial charge in [0.15, 0.2) is 0 Å². The number of hydrogen-bond donors (Lipinski definition) is 0. The molecule has 0 N–H and O–H groups in total. The zero-order valence-electron chi connectivity index (χ0n) is 17.7. The van der Waals surface area contributed by atoms with Crippen molar-refractivity contribution in [1.29, 1.82) is 0 Å². The molecule has 4 rings (SSSR count). The monoisotopic (exact) mass is 497 g/mol. The van der Waals surface area contributed by atoms with Gasteiger partial charge in [0.1, 0.15) is 5.84 Å². The molecule has 3 nitrogen and oxygen atoms in total. The second-order valence-corrected chi connectivity index (χ2v) is 10.5. The van der Waals surface area contributed by atoms with Crippen LogP contribution in [0.25, 0.3) is 0 Å². The number of rotatable bonds is 3. The molecule has 0 radical (unpaired) electrons. The lowest BCUT2D eigenvalue weighted by Crippen LogP contribution is -2.51. The van der Waals surface area contributed by atoms with Crippen LogP contribution in [0, 0.1) is 5.41 Å². The minimum atomic E-state index is -4.44. The zero-order chi connectivity index (χ0) is 23.1. The third kappa shape index (κ3) is 4.55. The summed E-state index contributed by atoms with van der Waals surface area (Å²) in [6, 6.07) is 12.2. The van der Waals surface area contributed by atoms with Gasteiger partial charge in [-0.3, -0.25) is 9.80 Å². The van der Waals surface area contributed by atoms with Crippen molar-refractivity contribution in [3.63, 3.8) is 0 Å². The Morgan fingerprint density at radius 1 is 1.09 bits per heavy atom. The number of hydrogen-bond acceptors (Lipinski definition) is 4. The summed E-state index contributed by atoms with van der Waals surface area (Å²) in [5.41, 5.74) is -0.145. The van der Waals surface area contributed by atoms with Crippen LogP contribution in [0.3, 0.4) is 0 Å². The Balaban J connectivity index is 1.86. The van der Waals surface area contributed by atoms with Crippen LogP contribution < -0.4 is 4.90 Å². The largest absolute Gasteiger partial charge is 0.416 e. The molecule has 170 valence electrons. The standard InChI is InChI=1S/C23H23ClF3N3S2/c1-22(2)19(29-10-12-32-13-11-29)20(28-17-8-6-16(24)7-9-17)30(21(22)31)18-5-3-4-15(14-18)23(25,26)27/h3-9,14,19H,10-13H2,1-2H3/t19-/m0/s1. The molecular formula is C23H23ClF3N3S2. The third-order valence-electron chi connectivity index (χ3n) is 5.82. The van der Waals surface area contributed by atoms with E-state index in [1.54, 1.807) is 35.2 Å². The van der Waals surface area contributed by atoms with Gasteiger partial charge in [0.25, 0.3) is 0 Å².